The Morgan fingerprint density at radius 2 is 1.60 bits per heavy atom. The van der Waals surface area contributed by atoms with Crippen molar-refractivity contribution in [2.24, 2.45) is 11.8 Å². The molecule has 3 rings (SSSR count). The highest BCUT2D eigenvalue weighted by atomic mass is 32.2. The smallest absolute Gasteiger partial charge is 0.264 e. The number of sulfonamides is 1. The van der Waals surface area contributed by atoms with Crippen LogP contribution in [0.3, 0.4) is 0 Å². The quantitative estimate of drug-likeness (QED) is 0.701. The summed E-state index contributed by atoms with van der Waals surface area (Å²) in [7, 11) is -2.35. The van der Waals surface area contributed by atoms with Gasteiger partial charge in [-0.2, -0.15) is 0 Å². The summed E-state index contributed by atoms with van der Waals surface area (Å²) in [6.07, 6.45) is 1.08. The second-order valence-corrected chi connectivity index (χ2v) is 10.1. The number of ether oxygens (including phenoxy) is 1. The monoisotopic (exact) mass is 430 g/mol. The molecule has 2 unspecified atom stereocenters. The van der Waals surface area contributed by atoms with E-state index in [1.54, 1.807) is 60.5 Å². The van der Waals surface area contributed by atoms with Gasteiger partial charge < -0.3 is 9.64 Å². The molecule has 162 valence electrons. The lowest BCUT2D eigenvalue weighted by atomic mass is 9.92. The number of amides is 1. The fourth-order valence-electron chi connectivity index (χ4n) is 3.99. The van der Waals surface area contributed by atoms with Gasteiger partial charge in [0.25, 0.3) is 10.0 Å². The summed E-state index contributed by atoms with van der Waals surface area (Å²) < 4.78 is 33.3. The first kappa shape index (κ1) is 22.2. The maximum atomic E-state index is 13.5. The summed E-state index contributed by atoms with van der Waals surface area (Å²) in [5.41, 5.74) is 1.40. The molecule has 1 aliphatic heterocycles. The Labute approximate surface area is 179 Å². The van der Waals surface area contributed by atoms with Crippen LogP contribution >= 0.6 is 0 Å². The predicted molar refractivity (Wildman–Crippen MR) is 118 cm³/mol. The second kappa shape index (κ2) is 9.08. The number of methoxy groups -OCH3 is 1. The SMILES string of the molecule is COc1ccc(N(CC(=O)N2CC(C)CC(C)C2)S(=O)(=O)c2ccc(C)cc2)cc1. The van der Waals surface area contributed by atoms with Crippen molar-refractivity contribution in [1.29, 1.82) is 0 Å². The standard InChI is InChI=1S/C23H30N2O4S/c1-17-5-11-22(12-6-17)30(27,28)25(20-7-9-21(29-4)10-8-20)16-23(26)24-14-18(2)13-19(3)15-24/h5-12,18-19H,13-16H2,1-4H3. The van der Waals surface area contributed by atoms with Crippen molar-refractivity contribution in [3.8, 4) is 5.75 Å². The van der Waals surface area contributed by atoms with Gasteiger partial charge in [0.05, 0.1) is 17.7 Å². The molecule has 7 heteroatoms. The van der Waals surface area contributed by atoms with E-state index in [4.69, 9.17) is 4.74 Å². The van der Waals surface area contributed by atoms with E-state index in [1.807, 2.05) is 6.92 Å². The van der Waals surface area contributed by atoms with E-state index in [0.717, 1.165) is 12.0 Å². The van der Waals surface area contributed by atoms with Crippen molar-refractivity contribution in [1.82, 2.24) is 4.90 Å². The minimum Gasteiger partial charge on any atom is -0.497 e. The van der Waals surface area contributed by atoms with Gasteiger partial charge in [-0.05, 0) is 61.6 Å². The molecule has 2 aromatic carbocycles. The lowest BCUT2D eigenvalue weighted by Gasteiger charge is -2.36. The molecule has 2 atom stereocenters. The van der Waals surface area contributed by atoms with Crippen LogP contribution in [-0.4, -0.2) is 46.0 Å². The number of carbonyl (C=O) groups is 1. The molecule has 1 amide bonds. The number of hydrogen-bond acceptors (Lipinski definition) is 4. The van der Waals surface area contributed by atoms with Crippen LogP contribution < -0.4 is 9.04 Å². The van der Waals surface area contributed by atoms with Crippen LogP contribution in [0.2, 0.25) is 0 Å². The van der Waals surface area contributed by atoms with Gasteiger partial charge in [0.2, 0.25) is 5.91 Å². The van der Waals surface area contributed by atoms with Gasteiger partial charge in [-0.1, -0.05) is 31.5 Å². The van der Waals surface area contributed by atoms with Crippen LogP contribution in [0.4, 0.5) is 5.69 Å². The number of rotatable bonds is 6. The van der Waals surface area contributed by atoms with E-state index in [9.17, 15) is 13.2 Å². The Morgan fingerprint density at radius 1 is 1.03 bits per heavy atom. The minimum atomic E-state index is -3.91. The van der Waals surface area contributed by atoms with Crippen LogP contribution in [0.25, 0.3) is 0 Å². The lowest BCUT2D eigenvalue weighted by molar-refractivity contribution is -0.132. The molecule has 30 heavy (non-hydrogen) atoms. The summed E-state index contributed by atoms with van der Waals surface area (Å²) in [5.74, 6) is 1.25. The molecule has 1 aliphatic rings. The van der Waals surface area contributed by atoms with Gasteiger partial charge in [-0.3, -0.25) is 9.10 Å². The molecule has 0 aliphatic carbocycles. The lowest BCUT2D eigenvalue weighted by Crippen LogP contribution is -2.48. The Morgan fingerprint density at radius 3 is 2.13 bits per heavy atom. The molecular formula is C23H30N2O4S. The number of nitrogens with zero attached hydrogens (tertiary/aromatic N) is 2. The first-order valence-corrected chi connectivity index (χ1v) is 11.7. The third-order valence-corrected chi connectivity index (χ3v) is 7.26. The highest BCUT2D eigenvalue weighted by Crippen LogP contribution is 2.27. The molecule has 2 aromatic rings. The predicted octanol–water partition coefficient (Wildman–Crippen LogP) is 3.70. The highest BCUT2D eigenvalue weighted by Gasteiger charge is 2.31. The molecule has 1 heterocycles. The summed E-state index contributed by atoms with van der Waals surface area (Å²) in [5, 5.41) is 0. The van der Waals surface area contributed by atoms with Gasteiger partial charge in [0.15, 0.2) is 0 Å². The number of piperidine rings is 1. The number of benzene rings is 2. The Bertz CT molecular complexity index is 961. The van der Waals surface area contributed by atoms with Crippen molar-refractivity contribution in [3.63, 3.8) is 0 Å². The van der Waals surface area contributed by atoms with E-state index in [-0.39, 0.29) is 17.3 Å². The first-order valence-electron chi connectivity index (χ1n) is 10.2. The van der Waals surface area contributed by atoms with E-state index < -0.39 is 10.0 Å². The van der Waals surface area contributed by atoms with Gasteiger partial charge in [-0.15, -0.1) is 0 Å². The van der Waals surface area contributed by atoms with Crippen molar-refractivity contribution in [3.05, 3.63) is 54.1 Å². The van der Waals surface area contributed by atoms with Crippen LogP contribution in [0, 0.1) is 18.8 Å². The first-order chi connectivity index (χ1) is 14.2. The Balaban J connectivity index is 1.94. The molecule has 0 N–H and O–H groups in total. The zero-order valence-electron chi connectivity index (χ0n) is 18.0. The maximum absolute atomic E-state index is 13.5. The summed E-state index contributed by atoms with van der Waals surface area (Å²) in [4.78, 5) is 15.1. The average molecular weight is 431 g/mol. The largest absolute Gasteiger partial charge is 0.497 e. The Kier molecular flexibility index (Phi) is 6.71. The van der Waals surface area contributed by atoms with E-state index in [2.05, 4.69) is 13.8 Å². The summed E-state index contributed by atoms with van der Waals surface area (Å²) in [6, 6.07) is 13.4. The maximum Gasteiger partial charge on any atom is 0.264 e. The topological polar surface area (TPSA) is 66.9 Å². The average Bonchev–Trinajstić information content (AvgIpc) is 2.71. The van der Waals surface area contributed by atoms with Gasteiger partial charge >= 0.3 is 0 Å². The molecule has 0 spiro atoms. The molecule has 1 fully saturated rings. The molecule has 0 bridgehead atoms. The number of likely N-dealkylation sites (tertiary alicyclic amines) is 1. The zero-order valence-corrected chi connectivity index (χ0v) is 18.9. The number of anilines is 1. The summed E-state index contributed by atoms with van der Waals surface area (Å²) in [6.45, 7) is 7.23. The highest BCUT2D eigenvalue weighted by molar-refractivity contribution is 7.92. The zero-order chi connectivity index (χ0) is 21.9. The van der Waals surface area contributed by atoms with Crippen molar-refractivity contribution in [2.45, 2.75) is 32.1 Å². The van der Waals surface area contributed by atoms with Gasteiger partial charge in [-0.25, -0.2) is 8.42 Å². The molecule has 0 radical (unpaired) electrons. The third-order valence-electron chi connectivity index (χ3n) is 5.47. The number of hydrogen-bond donors (Lipinski definition) is 0. The molecule has 6 nitrogen and oxygen atoms in total. The summed E-state index contributed by atoms with van der Waals surface area (Å²) >= 11 is 0. The molecule has 0 saturated carbocycles. The van der Waals surface area contributed by atoms with E-state index in [0.29, 0.717) is 36.4 Å². The van der Waals surface area contributed by atoms with Gasteiger partial charge in [0, 0.05) is 13.1 Å². The normalized spacial score (nSPS) is 19.4. The Hall–Kier alpha value is -2.54. The molecular weight excluding hydrogens is 400 g/mol. The fraction of sp³-hybridized carbons (Fsp3) is 0.435. The van der Waals surface area contributed by atoms with Crippen molar-refractivity contribution < 1.29 is 17.9 Å². The fourth-order valence-corrected chi connectivity index (χ4v) is 5.40. The van der Waals surface area contributed by atoms with Crippen LogP contribution in [0.15, 0.2) is 53.4 Å². The minimum absolute atomic E-state index is 0.164. The van der Waals surface area contributed by atoms with Crippen LogP contribution in [0.5, 0.6) is 5.75 Å². The molecule has 1 saturated heterocycles. The van der Waals surface area contributed by atoms with Crippen molar-refractivity contribution >= 4 is 21.6 Å². The van der Waals surface area contributed by atoms with Crippen LogP contribution in [0.1, 0.15) is 25.8 Å². The number of carbonyl (C=O) groups excluding carboxylic acids is 1. The number of aryl methyl sites for hydroxylation is 1. The van der Waals surface area contributed by atoms with Crippen molar-refractivity contribution in [2.75, 3.05) is 31.0 Å². The second-order valence-electron chi connectivity index (χ2n) is 8.27. The van der Waals surface area contributed by atoms with E-state index >= 15 is 0 Å². The van der Waals surface area contributed by atoms with E-state index in [1.165, 1.54) is 4.31 Å². The third kappa shape index (κ3) is 4.95. The van der Waals surface area contributed by atoms with Gasteiger partial charge in [0.1, 0.15) is 12.3 Å². The molecule has 0 aromatic heterocycles. The van der Waals surface area contributed by atoms with Crippen LogP contribution in [-0.2, 0) is 14.8 Å².